The highest BCUT2D eigenvalue weighted by molar-refractivity contribution is 6.37. The maximum absolute atomic E-state index is 12.7. The Kier molecular flexibility index (Phi) is 7.11. The molecule has 178 valence electrons. The Hall–Kier alpha value is -3.79. The van der Waals surface area contributed by atoms with Crippen molar-refractivity contribution in [2.75, 3.05) is 0 Å². The van der Waals surface area contributed by atoms with Gasteiger partial charge in [-0.15, -0.1) is 0 Å². The van der Waals surface area contributed by atoms with Gasteiger partial charge < -0.3 is 15.2 Å². The van der Waals surface area contributed by atoms with E-state index in [9.17, 15) is 19.5 Å². The minimum Gasteiger partial charge on any atom is -0.507 e. The maximum atomic E-state index is 12.7. The number of aromatic nitrogens is 3. The number of phenols is 1. The molecule has 35 heavy (non-hydrogen) atoms. The number of amides is 1. The second kappa shape index (κ2) is 10.2. The Morgan fingerprint density at radius 2 is 1.74 bits per heavy atom. The Bertz CT molecular complexity index is 1530. The van der Waals surface area contributed by atoms with E-state index in [0.29, 0.717) is 10.6 Å². The summed E-state index contributed by atoms with van der Waals surface area (Å²) in [6.45, 7) is 0.153. The summed E-state index contributed by atoms with van der Waals surface area (Å²) in [6, 6.07) is 13.8. The number of rotatable bonds is 6. The smallest absolute Gasteiger partial charge is 0.349 e. The van der Waals surface area contributed by atoms with Gasteiger partial charge in [-0.05, 0) is 42.0 Å². The fourth-order valence-electron chi connectivity index (χ4n) is 3.09. The largest absolute Gasteiger partial charge is 0.507 e. The third-order valence-corrected chi connectivity index (χ3v) is 5.70. The van der Waals surface area contributed by atoms with Gasteiger partial charge in [-0.2, -0.15) is 9.78 Å². The summed E-state index contributed by atoms with van der Waals surface area (Å²) in [4.78, 5) is 38.0. The summed E-state index contributed by atoms with van der Waals surface area (Å²) in [5.74, 6) is -0.599. The Morgan fingerprint density at radius 1 is 1.03 bits per heavy atom. The van der Waals surface area contributed by atoms with Crippen molar-refractivity contribution in [1.82, 2.24) is 20.1 Å². The Morgan fingerprint density at radius 3 is 2.43 bits per heavy atom. The molecular weight excluding hydrogens is 519 g/mol. The zero-order valence-corrected chi connectivity index (χ0v) is 19.9. The van der Waals surface area contributed by atoms with Gasteiger partial charge in [0.1, 0.15) is 17.7 Å². The number of phenolic OH excluding ortho intramolecular Hbond substituents is 1. The van der Waals surface area contributed by atoms with Crippen LogP contribution in [0.4, 0.5) is 0 Å². The lowest BCUT2D eigenvalue weighted by Gasteiger charge is -2.13. The van der Waals surface area contributed by atoms with Gasteiger partial charge in [-0.3, -0.25) is 14.6 Å². The first-order valence-electron chi connectivity index (χ1n) is 9.93. The zero-order valence-electron chi connectivity index (χ0n) is 17.6. The molecule has 0 bridgehead atoms. The predicted octanol–water partition coefficient (Wildman–Crippen LogP) is 4.31. The molecular formula is C23H15Cl3N4O5. The molecule has 0 aliphatic rings. The van der Waals surface area contributed by atoms with Crippen LogP contribution in [0.15, 0.2) is 70.4 Å². The molecule has 1 heterocycles. The molecule has 12 heteroatoms. The van der Waals surface area contributed by atoms with Crippen LogP contribution < -0.4 is 21.3 Å². The first-order valence-corrected chi connectivity index (χ1v) is 11.1. The average Bonchev–Trinajstić information content (AvgIpc) is 2.81. The zero-order chi connectivity index (χ0) is 25.1. The van der Waals surface area contributed by atoms with Crippen molar-refractivity contribution in [2.45, 2.75) is 6.54 Å². The summed E-state index contributed by atoms with van der Waals surface area (Å²) in [5, 5.41) is 17.2. The van der Waals surface area contributed by atoms with Crippen LogP contribution in [0, 0.1) is 0 Å². The van der Waals surface area contributed by atoms with Crippen LogP contribution in [0.5, 0.6) is 17.2 Å². The number of aromatic hydroxyl groups is 1. The van der Waals surface area contributed by atoms with Gasteiger partial charge in [0.25, 0.3) is 11.5 Å². The van der Waals surface area contributed by atoms with Crippen LogP contribution in [0.1, 0.15) is 15.9 Å². The molecule has 0 unspecified atom stereocenters. The molecule has 0 fully saturated rings. The van der Waals surface area contributed by atoms with Crippen molar-refractivity contribution in [3.8, 4) is 22.9 Å². The van der Waals surface area contributed by atoms with E-state index in [4.69, 9.17) is 39.5 Å². The molecule has 0 spiro atoms. The predicted molar refractivity (Wildman–Crippen MR) is 131 cm³/mol. The molecule has 0 radical (unpaired) electrons. The standard InChI is InChI=1S/C23H15Cl3N4O5/c24-16-4-2-1-3-12(16)10-27-22(33)15-9-14(5-6-19(15)31)35-21-17(25)7-13(8-18(21)26)30-23(34)29-20(32)11-28-30/h1-9,11,31H,10H2,(H,27,33)(H,29,32,34). The van der Waals surface area contributed by atoms with Gasteiger partial charge >= 0.3 is 5.69 Å². The van der Waals surface area contributed by atoms with Crippen molar-refractivity contribution < 1.29 is 14.6 Å². The van der Waals surface area contributed by atoms with E-state index in [1.54, 1.807) is 24.3 Å². The van der Waals surface area contributed by atoms with Crippen molar-refractivity contribution in [2.24, 2.45) is 0 Å². The van der Waals surface area contributed by atoms with E-state index < -0.39 is 17.2 Å². The molecule has 1 amide bonds. The highest BCUT2D eigenvalue weighted by atomic mass is 35.5. The van der Waals surface area contributed by atoms with Crippen molar-refractivity contribution >= 4 is 40.7 Å². The van der Waals surface area contributed by atoms with E-state index >= 15 is 0 Å². The van der Waals surface area contributed by atoms with Crippen LogP contribution in [-0.2, 0) is 6.54 Å². The molecule has 0 aliphatic heterocycles. The van der Waals surface area contributed by atoms with Crippen LogP contribution in [0.2, 0.25) is 15.1 Å². The number of hydrogen-bond acceptors (Lipinski definition) is 6. The third-order valence-electron chi connectivity index (χ3n) is 4.77. The van der Waals surface area contributed by atoms with E-state index in [0.717, 1.165) is 10.9 Å². The molecule has 3 aromatic carbocycles. The number of aromatic amines is 1. The summed E-state index contributed by atoms with van der Waals surface area (Å²) < 4.78 is 6.67. The van der Waals surface area contributed by atoms with Gasteiger partial charge in [0, 0.05) is 11.6 Å². The van der Waals surface area contributed by atoms with Gasteiger partial charge in [0.15, 0.2) is 5.75 Å². The number of nitrogens with one attached hydrogen (secondary N) is 2. The topological polar surface area (TPSA) is 126 Å². The van der Waals surface area contributed by atoms with Crippen molar-refractivity contribution in [3.05, 3.63) is 108 Å². The van der Waals surface area contributed by atoms with Gasteiger partial charge in [-0.1, -0.05) is 53.0 Å². The van der Waals surface area contributed by atoms with Crippen molar-refractivity contribution in [3.63, 3.8) is 0 Å². The molecule has 4 aromatic rings. The molecule has 0 aliphatic carbocycles. The molecule has 0 saturated heterocycles. The second-order valence-electron chi connectivity index (χ2n) is 7.14. The molecule has 1 aromatic heterocycles. The number of hydrogen-bond donors (Lipinski definition) is 3. The minimum atomic E-state index is -0.774. The fraction of sp³-hybridized carbons (Fsp3) is 0.0435. The lowest BCUT2D eigenvalue weighted by atomic mass is 10.1. The van der Waals surface area contributed by atoms with Crippen LogP contribution in [0.3, 0.4) is 0 Å². The van der Waals surface area contributed by atoms with E-state index in [1.807, 2.05) is 0 Å². The minimum absolute atomic E-state index is 0.0326. The molecule has 4 rings (SSSR count). The quantitative estimate of drug-likeness (QED) is 0.339. The first kappa shape index (κ1) is 24.3. The van der Waals surface area contributed by atoms with E-state index in [2.05, 4.69) is 15.4 Å². The van der Waals surface area contributed by atoms with Gasteiger partial charge in [0.2, 0.25) is 0 Å². The molecule has 9 nitrogen and oxygen atoms in total. The van der Waals surface area contributed by atoms with Gasteiger partial charge in [-0.25, -0.2) is 4.79 Å². The Balaban J connectivity index is 1.57. The number of nitrogens with zero attached hydrogens (tertiary/aromatic N) is 2. The summed E-state index contributed by atoms with van der Waals surface area (Å²) in [5.41, 5.74) is -0.558. The first-order chi connectivity index (χ1) is 16.7. The van der Waals surface area contributed by atoms with Crippen molar-refractivity contribution in [1.29, 1.82) is 0 Å². The molecule has 0 atom stereocenters. The highest BCUT2D eigenvalue weighted by Crippen LogP contribution is 2.38. The lowest BCUT2D eigenvalue weighted by Crippen LogP contribution is -2.30. The van der Waals surface area contributed by atoms with Crippen LogP contribution in [-0.4, -0.2) is 25.8 Å². The number of halogens is 3. The van der Waals surface area contributed by atoms with E-state index in [1.165, 1.54) is 30.3 Å². The Labute approximate surface area is 212 Å². The number of H-pyrrole nitrogens is 1. The number of carbonyl (C=O) groups excluding carboxylic acids is 1. The number of ether oxygens (including phenoxy) is 1. The molecule has 0 saturated carbocycles. The third kappa shape index (κ3) is 5.48. The number of carbonyl (C=O) groups is 1. The molecule has 3 N–H and O–H groups in total. The normalized spacial score (nSPS) is 10.7. The summed E-state index contributed by atoms with van der Waals surface area (Å²) in [6.07, 6.45) is 0.933. The SMILES string of the molecule is O=C(NCc1ccccc1Cl)c1cc(Oc2c(Cl)cc(-n3ncc(=O)[nH]c3=O)cc2Cl)ccc1O. The monoisotopic (exact) mass is 532 g/mol. The fourth-order valence-corrected chi connectivity index (χ4v) is 3.85. The average molecular weight is 534 g/mol. The second-order valence-corrected chi connectivity index (χ2v) is 8.37. The lowest BCUT2D eigenvalue weighted by molar-refractivity contribution is 0.0948. The number of benzene rings is 3. The van der Waals surface area contributed by atoms with Crippen LogP contribution in [0.25, 0.3) is 5.69 Å². The maximum Gasteiger partial charge on any atom is 0.349 e. The summed E-state index contributed by atoms with van der Waals surface area (Å²) >= 11 is 18.7. The highest BCUT2D eigenvalue weighted by Gasteiger charge is 2.17. The van der Waals surface area contributed by atoms with Crippen LogP contribution >= 0.6 is 34.8 Å². The summed E-state index contributed by atoms with van der Waals surface area (Å²) in [7, 11) is 0. The van der Waals surface area contributed by atoms with Gasteiger partial charge in [0.05, 0.1) is 21.3 Å². The van der Waals surface area contributed by atoms with E-state index in [-0.39, 0.29) is 45.1 Å².